The molecule has 0 aliphatic heterocycles. The van der Waals surface area contributed by atoms with Crippen molar-refractivity contribution < 1.29 is 20.1 Å². The van der Waals surface area contributed by atoms with E-state index in [4.69, 9.17) is 16.2 Å². The normalized spacial score (nSPS) is 10.2. The van der Waals surface area contributed by atoms with Crippen LogP contribution in [0.25, 0.3) is 0 Å². The van der Waals surface area contributed by atoms with Crippen LogP contribution in [-0.4, -0.2) is 22.6 Å². The number of carboxylic acids is 1. The van der Waals surface area contributed by atoms with Gasteiger partial charge in [-0.25, -0.2) is 4.79 Å². The van der Waals surface area contributed by atoms with Crippen LogP contribution in [0.1, 0.15) is 37.4 Å². The quantitative estimate of drug-likeness (QED) is 0.440. The summed E-state index contributed by atoms with van der Waals surface area (Å²) >= 11 is 1.25. The van der Waals surface area contributed by atoms with Gasteiger partial charge in [-0.05, 0) is 37.3 Å². The fourth-order valence-corrected chi connectivity index (χ4v) is 2.60. The van der Waals surface area contributed by atoms with Gasteiger partial charge in [0.2, 0.25) is 5.71 Å². The molecule has 0 saturated carbocycles. The largest absolute Gasteiger partial charge is 0.478 e. The first kappa shape index (κ1) is 14.0. The van der Waals surface area contributed by atoms with Gasteiger partial charge >= 0.3 is 5.97 Å². The van der Waals surface area contributed by atoms with Gasteiger partial charge in [0.05, 0.1) is 20.9 Å². The van der Waals surface area contributed by atoms with Crippen molar-refractivity contribution in [2.75, 3.05) is 5.73 Å². The van der Waals surface area contributed by atoms with E-state index >= 15 is 0 Å². The Labute approximate surface area is 119 Å². The van der Waals surface area contributed by atoms with Crippen molar-refractivity contribution in [2.24, 2.45) is 0 Å². The number of anilines is 1. The average molecular weight is 289 g/mol. The minimum Gasteiger partial charge on any atom is -0.478 e. The summed E-state index contributed by atoms with van der Waals surface area (Å²) in [6.07, 6.45) is 0. The lowest BCUT2D eigenvalue weighted by Crippen LogP contribution is -2.41. The highest BCUT2D eigenvalue weighted by molar-refractivity contribution is 7.16. The van der Waals surface area contributed by atoms with Crippen molar-refractivity contribution in [3.8, 4) is 0 Å². The standard InChI is InChI=1S/C14H12N2O3S/c1-7(17)11-4-5-12(20-11)13(16)9-6-8(14(18)19)2-3-10(9)15/h2-6,16H,15H2,1H3,(H,18,19)/p+1. The zero-order valence-electron chi connectivity index (χ0n) is 10.7. The Balaban J connectivity index is 2.44. The molecule has 1 aromatic carbocycles. The summed E-state index contributed by atoms with van der Waals surface area (Å²) in [5.74, 6) is -1.09. The van der Waals surface area contributed by atoms with Gasteiger partial charge in [0.25, 0.3) is 0 Å². The molecule has 0 aliphatic rings. The molecular weight excluding hydrogens is 276 g/mol. The van der Waals surface area contributed by atoms with Gasteiger partial charge in [0.1, 0.15) is 0 Å². The van der Waals surface area contributed by atoms with Crippen LogP contribution in [0, 0.1) is 0 Å². The highest BCUT2D eigenvalue weighted by Gasteiger charge is 2.19. The molecule has 1 heterocycles. The topological polar surface area (TPSA) is 106 Å². The van der Waals surface area contributed by atoms with Crippen LogP contribution in [0.15, 0.2) is 30.3 Å². The molecule has 20 heavy (non-hydrogen) atoms. The molecule has 5 N–H and O–H groups in total. The van der Waals surface area contributed by atoms with Crippen LogP contribution < -0.4 is 11.1 Å². The Morgan fingerprint density at radius 2 is 1.85 bits per heavy atom. The van der Waals surface area contributed by atoms with Crippen molar-refractivity contribution in [1.82, 2.24) is 0 Å². The Bertz CT molecular complexity index is 719. The molecule has 0 atom stereocenters. The Hall–Kier alpha value is -2.47. The first-order chi connectivity index (χ1) is 9.40. The summed E-state index contributed by atoms with van der Waals surface area (Å²) in [5.41, 5.74) is 7.17. The molecule has 6 heteroatoms. The lowest BCUT2D eigenvalue weighted by Gasteiger charge is -2.03. The van der Waals surface area contributed by atoms with Crippen LogP contribution in [0.2, 0.25) is 0 Å². The Kier molecular flexibility index (Phi) is 3.67. The van der Waals surface area contributed by atoms with Crippen LogP contribution in [0.4, 0.5) is 5.69 Å². The zero-order chi connectivity index (χ0) is 14.9. The van der Waals surface area contributed by atoms with Gasteiger partial charge in [-0.15, -0.1) is 11.3 Å². The number of nitrogen functional groups attached to an aromatic ring is 1. The van der Waals surface area contributed by atoms with E-state index in [1.165, 1.54) is 36.5 Å². The number of benzene rings is 1. The number of Topliss-reactive ketones (excluding diaryl/α,β-unsaturated/α-hetero) is 1. The molecule has 2 rings (SSSR count). The maximum atomic E-state index is 11.3. The monoisotopic (exact) mass is 289 g/mol. The average Bonchev–Trinajstić information content (AvgIpc) is 2.88. The molecule has 1 aromatic heterocycles. The zero-order valence-corrected chi connectivity index (χ0v) is 11.5. The van der Waals surface area contributed by atoms with Gasteiger partial charge in [0.15, 0.2) is 5.78 Å². The molecule has 0 fully saturated rings. The molecule has 0 aliphatic carbocycles. The third-order valence-corrected chi connectivity index (χ3v) is 4.03. The lowest BCUT2D eigenvalue weighted by molar-refractivity contribution is -0.111. The summed E-state index contributed by atoms with van der Waals surface area (Å²) in [6, 6.07) is 7.77. The van der Waals surface area contributed by atoms with E-state index < -0.39 is 5.97 Å². The van der Waals surface area contributed by atoms with Crippen LogP contribution in [-0.2, 0) is 0 Å². The van der Waals surface area contributed by atoms with Crippen LogP contribution in [0.5, 0.6) is 0 Å². The fraction of sp³-hybridized carbons (Fsp3) is 0.0714. The Morgan fingerprint density at radius 3 is 2.40 bits per heavy atom. The number of nitrogens with two attached hydrogens (primary N) is 2. The van der Waals surface area contributed by atoms with Gasteiger partial charge in [-0.1, -0.05) is 0 Å². The predicted molar refractivity (Wildman–Crippen MR) is 77.3 cm³/mol. The summed E-state index contributed by atoms with van der Waals surface area (Å²) < 4.78 is 0. The molecule has 2 aromatic rings. The van der Waals surface area contributed by atoms with Gasteiger partial charge < -0.3 is 10.8 Å². The number of rotatable bonds is 4. The second kappa shape index (κ2) is 5.26. The summed E-state index contributed by atoms with van der Waals surface area (Å²) in [4.78, 5) is 23.5. The highest BCUT2D eigenvalue weighted by Crippen LogP contribution is 2.23. The van der Waals surface area contributed by atoms with Gasteiger partial charge in [-0.2, -0.15) is 0 Å². The second-order valence-electron chi connectivity index (χ2n) is 4.24. The molecule has 0 bridgehead atoms. The van der Waals surface area contributed by atoms with E-state index in [0.717, 1.165) is 0 Å². The van der Waals surface area contributed by atoms with Crippen LogP contribution >= 0.6 is 11.3 Å². The van der Waals surface area contributed by atoms with E-state index in [2.05, 4.69) is 0 Å². The molecule has 0 spiro atoms. The predicted octanol–water partition coefficient (Wildman–Crippen LogP) is 0.828. The summed E-state index contributed by atoms with van der Waals surface area (Å²) in [5, 5.41) is 15.0. The number of aromatic carboxylic acids is 1. The molecule has 0 unspecified atom stereocenters. The van der Waals surface area contributed by atoms with Crippen molar-refractivity contribution in [3.05, 3.63) is 51.2 Å². The van der Waals surface area contributed by atoms with Crippen molar-refractivity contribution in [2.45, 2.75) is 6.92 Å². The molecule has 0 saturated heterocycles. The number of carbonyl (C=O) groups excluding carboxylic acids is 1. The Morgan fingerprint density at radius 1 is 1.20 bits per heavy atom. The van der Waals surface area contributed by atoms with E-state index in [1.807, 2.05) is 0 Å². The number of thiophene rings is 1. The second-order valence-corrected chi connectivity index (χ2v) is 5.32. The number of carbonyl (C=O) groups is 2. The number of ketones is 1. The van der Waals surface area contributed by atoms with Crippen molar-refractivity contribution in [1.29, 1.82) is 0 Å². The van der Waals surface area contributed by atoms with E-state index in [-0.39, 0.29) is 11.3 Å². The lowest BCUT2D eigenvalue weighted by atomic mass is 10.0. The third kappa shape index (κ3) is 2.60. The fourth-order valence-electron chi connectivity index (χ4n) is 1.73. The summed E-state index contributed by atoms with van der Waals surface area (Å²) in [7, 11) is 0. The molecular formula is C14H13N2O3S+. The van der Waals surface area contributed by atoms with Crippen molar-refractivity contribution >= 4 is 34.5 Å². The molecule has 0 radical (unpaired) electrons. The molecule has 0 amide bonds. The maximum Gasteiger partial charge on any atom is 0.335 e. The first-order valence-electron chi connectivity index (χ1n) is 5.77. The molecule has 5 nitrogen and oxygen atoms in total. The van der Waals surface area contributed by atoms with Crippen LogP contribution in [0.3, 0.4) is 0 Å². The highest BCUT2D eigenvalue weighted by atomic mass is 32.1. The first-order valence-corrected chi connectivity index (χ1v) is 6.58. The van der Waals surface area contributed by atoms with Gasteiger partial charge in [-0.3, -0.25) is 10.2 Å². The van der Waals surface area contributed by atoms with E-state index in [0.29, 0.717) is 26.7 Å². The number of hydrogen-bond acceptors (Lipinski definition) is 4. The number of carboxylic acid groups (broad SMARTS) is 1. The van der Waals surface area contributed by atoms with Gasteiger partial charge in [0, 0.05) is 5.69 Å². The smallest absolute Gasteiger partial charge is 0.335 e. The third-order valence-electron chi connectivity index (χ3n) is 2.81. The SMILES string of the molecule is CC(=O)c1ccc(C(=[NH2+])c2cc(C(=O)O)ccc2N)s1. The number of hydrogen-bond donors (Lipinski definition) is 3. The molecule has 102 valence electrons. The maximum absolute atomic E-state index is 11.3. The minimum atomic E-state index is -1.05. The van der Waals surface area contributed by atoms with E-state index in [1.54, 1.807) is 12.1 Å². The van der Waals surface area contributed by atoms with E-state index in [9.17, 15) is 9.59 Å². The van der Waals surface area contributed by atoms with Crippen molar-refractivity contribution in [3.63, 3.8) is 0 Å². The minimum absolute atomic E-state index is 0.0405. The summed E-state index contributed by atoms with van der Waals surface area (Å²) in [6.45, 7) is 1.48.